The zero-order chi connectivity index (χ0) is 23.6. The van der Waals surface area contributed by atoms with Gasteiger partial charge < -0.3 is 24.0 Å². The minimum atomic E-state index is -4.51. The lowest BCUT2D eigenvalue weighted by Crippen LogP contribution is -2.40. The van der Waals surface area contributed by atoms with E-state index in [4.69, 9.17) is 21.1 Å². The van der Waals surface area contributed by atoms with Gasteiger partial charge in [0.05, 0.1) is 28.5 Å². The van der Waals surface area contributed by atoms with Gasteiger partial charge in [0.15, 0.2) is 0 Å². The van der Waals surface area contributed by atoms with E-state index in [-0.39, 0.29) is 17.8 Å². The van der Waals surface area contributed by atoms with Crippen molar-refractivity contribution in [3.8, 4) is 5.75 Å². The molecular weight excluding hydrogens is 499 g/mol. The maximum absolute atomic E-state index is 13.5. The molecule has 180 valence electrons. The number of likely N-dealkylation sites (N-methyl/N-ethyl adjacent to an activating group) is 1. The highest BCUT2D eigenvalue weighted by Gasteiger charge is 2.35. The quantitative estimate of drug-likeness (QED) is 0.534. The van der Waals surface area contributed by atoms with Crippen molar-refractivity contribution in [2.75, 3.05) is 51.2 Å². The molecule has 2 aliphatic rings. The Kier molecular flexibility index (Phi) is 7.64. The third-order valence-electron chi connectivity index (χ3n) is 5.39. The van der Waals surface area contributed by atoms with Crippen LogP contribution in [0.15, 0.2) is 28.5 Å². The first-order chi connectivity index (χ1) is 15.7. The molecule has 12 heteroatoms. The maximum Gasteiger partial charge on any atom is 0.419 e. The molecule has 2 aromatic rings. The van der Waals surface area contributed by atoms with Crippen LogP contribution in [0.25, 0.3) is 0 Å². The topological polar surface area (TPSA) is 54.0 Å². The van der Waals surface area contributed by atoms with Crippen LogP contribution in [0, 0.1) is 0 Å². The van der Waals surface area contributed by atoms with E-state index >= 15 is 0 Å². The van der Waals surface area contributed by atoms with Crippen molar-refractivity contribution in [2.24, 2.45) is 0 Å². The van der Waals surface area contributed by atoms with Gasteiger partial charge in [-0.15, -0.1) is 11.3 Å². The molecule has 2 fully saturated rings. The number of carbonyl (C=O) groups is 1. The van der Waals surface area contributed by atoms with Crippen LogP contribution in [0.5, 0.6) is 5.75 Å². The normalized spacial score (nSPS) is 19.7. The Labute approximate surface area is 203 Å². The molecule has 0 bridgehead atoms. The minimum Gasteiger partial charge on any atom is -0.488 e. The van der Waals surface area contributed by atoms with E-state index in [2.05, 4.69) is 4.72 Å². The molecule has 1 aromatic carbocycles. The average molecular weight is 522 g/mol. The van der Waals surface area contributed by atoms with Gasteiger partial charge in [-0.1, -0.05) is 11.6 Å². The number of carbonyl (C=O) groups excluding carboxylic acids is 1. The maximum atomic E-state index is 13.5. The Bertz CT molecular complexity index is 999. The highest BCUT2D eigenvalue weighted by Crippen LogP contribution is 2.40. The Morgan fingerprint density at radius 2 is 2.03 bits per heavy atom. The molecule has 4 rings (SSSR count). The van der Waals surface area contributed by atoms with E-state index in [0.29, 0.717) is 54.9 Å². The van der Waals surface area contributed by atoms with Gasteiger partial charge in [0.2, 0.25) is 0 Å². The SMILES string of the molecule is CN1CC[C@@H](Oc2cc(NSc3cc(C(=O)N4CCOCC4)c(Cl)s3)ccc2C(F)(F)F)C1. The number of nitrogens with one attached hydrogen (secondary N) is 1. The van der Waals surface area contributed by atoms with Crippen LogP contribution in [-0.2, 0) is 10.9 Å². The van der Waals surface area contributed by atoms with E-state index in [0.717, 1.165) is 16.8 Å². The van der Waals surface area contributed by atoms with Crippen molar-refractivity contribution in [1.82, 2.24) is 9.80 Å². The van der Waals surface area contributed by atoms with E-state index in [1.165, 1.54) is 35.4 Å². The monoisotopic (exact) mass is 521 g/mol. The average Bonchev–Trinajstić information content (AvgIpc) is 3.36. The number of hydrogen-bond acceptors (Lipinski definition) is 7. The number of benzene rings is 1. The lowest BCUT2D eigenvalue weighted by atomic mass is 10.1. The molecule has 0 radical (unpaired) electrons. The van der Waals surface area contributed by atoms with E-state index in [1.807, 2.05) is 11.9 Å². The summed E-state index contributed by atoms with van der Waals surface area (Å²) in [7, 11) is 1.91. The van der Waals surface area contributed by atoms with Crippen LogP contribution in [0.2, 0.25) is 4.34 Å². The molecule has 0 aliphatic carbocycles. The van der Waals surface area contributed by atoms with E-state index in [1.54, 1.807) is 11.0 Å². The molecule has 0 spiro atoms. The fourth-order valence-electron chi connectivity index (χ4n) is 3.68. The van der Waals surface area contributed by atoms with Gasteiger partial charge in [-0.25, -0.2) is 0 Å². The van der Waals surface area contributed by atoms with Crippen molar-refractivity contribution in [3.05, 3.63) is 39.7 Å². The lowest BCUT2D eigenvalue weighted by Gasteiger charge is -2.26. The van der Waals surface area contributed by atoms with Gasteiger partial charge in [0, 0.05) is 37.9 Å². The number of morpholine rings is 1. The summed E-state index contributed by atoms with van der Waals surface area (Å²) in [5.74, 6) is -0.348. The molecule has 2 saturated heterocycles. The highest BCUT2D eigenvalue weighted by molar-refractivity contribution is 8.02. The van der Waals surface area contributed by atoms with E-state index in [9.17, 15) is 18.0 Å². The molecule has 0 unspecified atom stereocenters. The minimum absolute atomic E-state index is 0.154. The Morgan fingerprint density at radius 3 is 2.70 bits per heavy atom. The molecular formula is C21H23ClF3N3O3S2. The van der Waals surface area contributed by atoms with Crippen molar-refractivity contribution in [1.29, 1.82) is 0 Å². The second-order valence-corrected chi connectivity index (χ2v) is 10.6. The van der Waals surface area contributed by atoms with Gasteiger partial charge in [-0.05, 0) is 43.6 Å². The van der Waals surface area contributed by atoms with E-state index < -0.39 is 11.7 Å². The summed E-state index contributed by atoms with van der Waals surface area (Å²) in [5, 5.41) is 0. The number of amides is 1. The molecule has 1 atom stereocenters. The largest absolute Gasteiger partial charge is 0.488 e. The predicted molar refractivity (Wildman–Crippen MR) is 124 cm³/mol. The molecule has 1 N–H and O–H groups in total. The molecule has 3 heterocycles. The summed E-state index contributed by atoms with van der Waals surface area (Å²) in [6.07, 6.45) is -4.13. The number of thiophene rings is 1. The van der Waals surface area contributed by atoms with Crippen LogP contribution >= 0.6 is 34.9 Å². The number of halogens is 4. The first-order valence-electron chi connectivity index (χ1n) is 10.4. The van der Waals surface area contributed by atoms with Gasteiger partial charge in [0.25, 0.3) is 5.91 Å². The lowest BCUT2D eigenvalue weighted by molar-refractivity contribution is -0.139. The van der Waals surface area contributed by atoms with Gasteiger partial charge in [-0.3, -0.25) is 4.79 Å². The summed E-state index contributed by atoms with van der Waals surface area (Å²) >= 11 is 8.71. The number of rotatable bonds is 6. The molecule has 33 heavy (non-hydrogen) atoms. The summed E-state index contributed by atoms with van der Waals surface area (Å²) in [4.78, 5) is 16.4. The standard InChI is InChI=1S/C21H23ClF3N3O3S2/c1-27-5-4-14(12-27)31-17-10-13(2-3-16(17)21(23,24)25)26-33-18-11-15(19(22)32-18)20(29)28-6-8-30-9-7-28/h2-3,10-11,14,26H,4-9,12H2,1H3/t14-/m1/s1. The molecule has 0 saturated carbocycles. The summed E-state index contributed by atoms with van der Waals surface area (Å²) in [5.41, 5.74) is 0.0692. The molecule has 1 amide bonds. The van der Waals surface area contributed by atoms with Gasteiger partial charge in [0.1, 0.15) is 16.2 Å². The number of hydrogen-bond donors (Lipinski definition) is 1. The summed E-state index contributed by atoms with van der Waals surface area (Å²) in [6.45, 7) is 3.37. The second kappa shape index (κ2) is 10.3. The molecule has 6 nitrogen and oxygen atoms in total. The number of alkyl halides is 3. The Morgan fingerprint density at radius 1 is 1.27 bits per heavy atom. The number of likely N-dealkylation sites (tertiary alicyclic amines) is 1. The first-order valence-corrected chi connectivity index (χ1v) is 12.4. The van der Waals surface area contributed by atoms with Crippen LogP contribution in [0.3, 0.4) is 0 Å². The third-order valence-corrected chi connectivity index (χ3v) is 7.70. The van der Waals surface area contributed by atoms with Crippen molar-refractivity contribution >= 4 is 46.5 Å². The molecule has 2 aliphatic heterocycles. The van der Waals surface area contributed by atoms with Crippen LogP contribution in [0.4, 0.5) is 18.9 Å². The molecule has 1 aromatic heterocycles. The van der Waals surface area contributed by atoms with Crippen molar-refractivity contribution < 1.29 is 27.4 Å². The Balaban J connectivity index is 1.45. The van der Waals surface area contributed by atoms with Crippen molar-refractivity contribution in [2.45, 2.75) is 22.9 Å². The van der Waals surface area contributed by atoms with Crippen LogP contribution in [0.1, 0.15) is 22.3 Å². The summed E-state index contributed by atoms with van der Waals surface area (Å²) in [6, 6.07) is 5.44. The fourth-order valence-corrected chi connectivity index (χ4v) is 5.87. The highest BCUT2D eigenvalue weighted by atomic mass is 35.5. The third kappa shape index (κ3) is 6.07. The summed E-state index contributed by atoms with van der Waals surface area (Å²) < 4.78 is 55.6. The van der Waals surface area contributed by atoms with Crippen molar-refractivity contribution in [3.63, 3.8) is 0 Å². The van der Waals surface area contributed by atoms with Gasteiger partial charge in [-0.2, -0.15) is 13.2 Å². The first kappa shape index (κ1) is 24.5. The zero-order valence-electron chi connectivity index (χ0n) is 17.8. The predicted octanol–water partition coefficient (Wildman–Crippen LogP) is 5.09. The zero-order valence-corrected chi connectivity index (χ0v) is 20.2. The van der Waals surface area contributed by atoms with Crippen LogP contribution in [-0.4, -0.2) is 68.3 Å². The van der Waals surface area contributed by atoms with Gasteiger partial charge >= 0.3 is 6.18 Å². The van der Waals surface area contributed by atoms with Crippen LogP contribution < -0.4 is 9.46 Å². The Hall–Kier alpha value is -1.66. The number of nitrogens with zero attached hydrogens (tertiary/aromatic N) is 2. The fraction of sp³-hybridized carbons (Fsp3) is 0.476. The smallest absolute Gasteiger partial charge is 0.419 e. The number of anilines is 1. The second-order valence-electron chi connectivity index (χ2n) is 7.86. The number of ether oxygens (including phenoxy) is 2.